The number of hydrogen-bond acceptors (Lipinski definition) is 4. The van der Waals surface area contributed by atoms with E-state index >= 15 is 0 Å². The van der Waals surface area contributed by atoms with Crippen molar-refractivity contribution in [2.75, 3.05) is 45.1 Å². The lowest BCUT2D eigenvalue weighted by atomic mass is 10.2. The van der Waals surface area contributed by atoms with E-state index in [1.54, 1.807) is 0 Å². The second-order valence-electron chi connectivity index (χ2n) is 6.34. The van der Waals surface area contributed by atoms with E-state index < -0.39 is 0 Å². The van der Waals surface area contributed by atoms with Gasteiger partial charge in [0.2, 0.25) is 5.91 Å². The summed E-state index contributed by atoms with van der Waals surface area (Å²) in [5, 5.41) is 3.19. The summed E-state index contributed by atoms with van der Waals surface area (Å²) in [6.07, 6.45) is 0. The zero-order valence-electron chi connectivity index (χ0n) is 14.6. The molecular formula is C20H25N3O2. The van der Waals surface area contributed by atoms with Gasteiger partial charge in [-0.2, -0.15) is 0 Å². The molecule has 0 atom stereocenters. The van der Waals surface area contributed by atoms with Crippen LogP contribution in [0.5, 0.6) is 5.75 Å². The summed E-state index contributed by atoms with van der Waals surface area (Å²) < 4.78 is 5.77. The number of benzene rings is 2. The van der Waals surface area contributed by atoms with Crippen LogP contribution in [0.4, 0.5) is 5.69 Å². The summed E-state index contributed by atoms with van der Waals surface area (Å²) in [5.74, 6) is 0.970. The summed E-state index contributed by atoms with van der Waals surface area (Å²) in [4.78, 5) is 16.4. The highest BCUT2D eigenvalue weighted by atomic mass is 16.5. The topological polar surface area (TPSA) is 44.8 Å². The molecule has 0 spiro atoms. The zero-order chi connectivity index (χ0) is 17.5. The van der Waals surface area contributed by atoms with Crippen LogP contribution in [0.1, 0.15) is 5.56 Å². The highest BCUT2D eigenvalue weighted by Gasteiger charge is 2.18. The third-order valence-corrected chi connectivity index (χ3v) is 4.40. The Kier molecular flexibility index (Phi) is 5.90. The van der Waals surface area contributed by atoms with Gasteiger partial charge in [-0.15, -0.1) is 0 Å². The second kappa shape index (κ2) is 8.53. The minimum atomic E-state index is 0.150. The molecular weight excluding hydrogens is 314 g/mol. The lowest BCUT2D eigenvalue weighted by molar-refractivity contribution is -0.130. The first kappa shape index (κ1) is 17.3. The Morgan fingerprint density at radius 3 is 2.36 bits per heavy atom. The first-order valence-electron chi connectivity index (χ1n) is 8.68. The van der Waals surface area contributed by atoms with Crippen LogP contribution in [0.25, 0.3) is 0 Å². The van der Waals surface area contributed by atoms with Crippen molar-refractivity contribution >= 4 is 11.6 Å². The molecule has 0 aromatic heterocycles. The number of nitrogens with zero attached hydrogens (tertiary/aromatic N) is 2. The maximum absolute atomic E-state index is 12.2. The summed E-state index contributed by atoms with van der Waals surface area (Å²) in [5.41, 5.74) is 2.07. The average Bonchev–Trinajstić information content (AvgIpc) is 2.67. The molecule has 1 fully saturated rings. The normalized spacial score (nSPS) is 15.0. The van der Waals surface area contributed by atoms with Crippen LogP contribution in [0, 0.1) is 0 Å². The molecule has 1 amide bonds. The van der Waals surface area contributed by atoms with Gasteiger partial charge in [0.25, 0.3) is 0 Å². The van der Waals surface area contributed by atoms with Crippen molar-refractivity contribution in [3.8, 4) is 5.75 Å². The van der Waals surface area contributed by atoms with Gasteiger partial charge >= 0.3 is 0 Å². The smallest absolute Gasteiger partial charge is 0.241 e. The number of anilines is 1. The molecule has 5 nitrogen and oxygen atoms in total. The van der Waals surface area contributed by atoms with Crippen molar-refractivity contribution in [1.82, 2.24) is 9.80 Å². The quantitative estimate of drug-likeness (QED) is 0.878. The van der Waals surface area contributed by atoms with Gasteiger partial charge in [0.15, 0.2) is 0 Å². The monoisotopic (exact) mass is 339 g/mol. The number of nitrogens with one attached hydrogen (secondary N) is 1. The molecule has 1 aliphatic rings. The van der Waals surface area contributed by atoms with Gasteiger partial charge in [0.05, 0.1) is 6.54 Å². The van der Waals surface area contributed by atoms with E-state index in [2.05, 4.69) is 17.3 Å². The maximum Gasteiger partial charge on any atom is 0.241 e. The number of hydrogen-bond donors (Lipinski definition) is 1. The third kappa shape index (κ3) is 5.22. The summed E-state index contributed by atoms with van der Waals surface area (Å²) in [6.45, 7) is 4.38. The van der Waals surface area contributed by atoms with E-state index in [1.807, 2.05) is 59.5 Å². The molecule has 2 aromatic carbocycles. The van der Waals surface area contributed by atoms with E-state index in [1.165, 1.54) is 0 Å². The third-order valence-electron chi connectivity index (χ3n) is 4.40. The van der Waals surface area contributed by atoms with Crippen molar-refractivity contribution in [3.63, 3.8) is 0 Å². The van der Waals surface area contributed by atoms with Crippen molar-refractivity contribution in [3.05, 3.63) is 60.2 Å². The van der Waals surface area contributed by atoms with Crippen LogP contribution in [0.3, 0.4) is 0 Å². The number of rotatable bonds is 6. The fourth-order valence-electron chi connectivity index (χ4n) is 2.76. The van der Waals surface area contributed by atoms with Crippen LogP contribution in [-0.2, 0) is 11.4 Å². The number of piperazine rings is 1. The Balaban J connectivity index is 1.43. The van der Waals surface area contributed by atoms with Gasteiger partial charge < -0.3 is 19.9 Å². The molecule has 2 aromatic rings. The molecule has 3 rings (SSSR count). The highest BCUT2D eigenvalue weighted by molar-refractivity contribution is 5.81. The minimum Gasteiger partial charge on any atom is -0.489 e. The van der Waals surface area contributed by atoms with E-state index in [9.17, 15) is 4.79 Å². The number of ether oxygens (including phenoxy) is 1. The Labute approximate surface area is 149 Å². The Hall–Kier alpha value is -2.53. The molecule has 5 heteroatoms. The van der Waals surface area contributed by atoms with Gasteiger partial charge in [0.1, 0.15) is 12.4 Å². The first-order valence-corrected chi connectivity index (χ1v) is 8.68. The van der Waals surface area contributed by atoms with Crippen molar-refractivity contribution in [2.24, 2.45) is 0 Å². The molecule has 1 N–H and O–H groups in total. The minimum absolute atomic E-state index is 0.150. The van der Waals surface area contributed by atoms with Gasteiger partial charge in [-0.05, 0) is 36.9 Å². The van der Waals surface area contributed by atoms with E-state index in [0.29, 0.717) is 13.2 Å². The number of carbonyl (C=O) groups is 1. The molecule has 1 heterocycles. The average molecular weight is 339 g/mol. The zero-order valence-corrected chi connectivity index (χ0v) is 14.6. The second-order valence-corrected chi connectivity index (χ2v) is 6.34. The largest absolute Gasteiger partial charge is 0.489 e. The SMILES string of the molecule is CN1CCN(C(=O)CNc2ccc(OCc3ccccc3)cc2)CC1. The fourth-order valence-corrected chi connectivity index (χ4v) is 2.76. The molecule has 132 valence electrons. The predicted octanol–water partition coefficient (Wildman–Crippen LogP) is 2.45. The molecule has 0 saturated carbocycles. The molecule has 25 heavy (non-hydrogen) atoms. The maximum atomic E-state index is 12.2. The molecule has 1 aliphatic heterocycles. The van der Waals surface area contributed by atoms with Crippen LogP contribution < -0.4 is 10.1 Å². The van der Waals surface area contributed by atoms with Crippen LogP contribution in [0.2, 0.25) is 0 Å². The van der Waals surface area contributed by atoms with Crippen LogP contribution >= 0.6 is 0 Å². The van der Waals surface area contributed by atoms with Gasteiger partial charge in [-0.3, -0.25) is 4.79 Å². The summed E-state index contributed by atoms with van der Waals surface area (Å²) in [6, 6.07) is 17.8. The fraction of sp³-hybridized carbons (Fsp3) is 0.350. The number of amides is 1. The molecule has 0 radical (unpaired) electrons. The molecule has 0 aliphatic carbocycles. The molecule has 0 bridgehead atoms. The molecule has 0 unspecified atom stereocenters. The standard InChI is InChI=1S/C20H25N3O2/c1-22-11-13-23(14-12-22)20(24)15-21-18-7-9-19(10-8-18)25-16-17-5-3-2-4-6-17/h2-10,21H,11-16H2,1H3. The van der Waals surface area contributed by atoms with Crippen molar-refractivity contribution < 1.29 is 9.53 Å². The highest BCUT2D eigenvalue weighted by Crippen LogP contribution is 2.17. The van der Waals surface area contributed by atoms with Crippen LogP contribution in [-0.4, -0.2) is 55.5 Å². The summed E-state index contributed by atoms with van der Waals surface area (Å²) >= 11 is 0. The van der Waals surface area contributed by atoms with Crippen LogP contribution in [0.15, 0.2) is 54.6 Å². The van der Waals surface area contributed by atoms with E-state index in [4.69, 9.17) is 4.74 Å². The Morgan fingerprint density at radius 2 is 1.68 bits per heavy atom. The summed E-state index contributed by atoms with van der Waals surface area (Å²) in [7, 11) is 2.08. The number of likely N-dealkylation sites (N-methyl/N-ethyl adjacent to an activating group) is 1. The van der Waals surface area contributed by atoms with Gasteiger partial charge in [0, 0.05) is 31.9 Å². The molecule has 1 saturated heterocycles. The van der Waals surface area contributed by atoms with E-state index in [0.717, 1.165) is 43.2 Å². The van der Waals surface area contributed by atoms with Crippen molar-refractivity contribution in [2.45, 2.75) is 6.61 Å². The van der Waals surface area contributed by atoms with Gasteiger partial charge in [-0.1, -0.05) is 30.3 Å². The van der Waals surface area contributed by atoms with E-state index in [-0.39, 0.29) is 5.91 Å². The first-order chi connectivity index (χ1) is 12.2. The Morgan fingerprint density at radius 1 is 1.00 bits per heavy atom. The predicted molar refractivity (Wildman–Crippen MR) is 99.8 cm³/mol. The lowest BCUT2D eigenvalue weighted by Crippen LogP contribution is -2.48. The van der Waals surface area contributed by atoms with Crippen molar-refractivity contribution in [1.29, 1.82) is 0 Å². The Bertz CT molecular complexity index is 665. The lowest BCUT2D eigenvalue weighted by Gasteiger charge is -2.32. The van der Waals surface area contributed by atoms with Gasteiger partial charge in [-0.25, -0.2) is 0 Å². The number of carbonyl (C=O) groups excluding carboxylic acids is 1.